The van der Waals surface area contributed by atoms with Gasteiger partial charge in [-0.1, -0.05) is 30.3 Å². The number of hydrogen-bond acceptors (Lipinski definition) is 6. The number of benzene rings is 4. The third kappa shape index (κ3) is 6.88. The number of phenols is 1. The SMILES string of the molecule is CCOC(=O)CN(C(=O)c1ccccc1)c1cc(Br)c(Oc2ccc(O)c(C(O)c3ccc(F)cc3)c2)c(Br)c1. The van der Waals surface area contributed by atoms with Crippen molar-refractivity contribution in [1.82, 2.24) is 0 Å². The lowest BCUT2D eigenvalue weighted by Gasteiger charge is -2.23. The molecule has 1 atom stereocenters. The van der Waals surface area contributed by atoms with Crippen molar-refractivity contribution in [3.8, 4) is 17.2 Å². The number of carbonyl (C=O) groups is 2. The van der Waals surface area contributed by atoms with Crippen LogP contribution in [0.2, 0.25) is 0 Å². The lowest BCUT2D eigenvalue weighted by Crippen LogP contribution is -2.36. The van der Waals surface area contributed by atoms with Crippen molar-refractivity contribution in [3.05, 3.63) is 116 Å². The lowest BCUT2D eigenvalue weighted by molar-refractivity contribution is -0.141. The van der Waals surface area contributed by atoms with Crippen molar-refractivity contribution >= 4 is 49.4 Å². The molecule has 1 unspecified atom stereocenters. The monoisotopic (exact) mass is 671 g/mol. The average Bonchev–Trinajstić information content (AvgIpc) is 2.94. The number of esters is 1. The Balaban J connectivity index is 1.64. The van der Waals surface area contributed by atoms with Crippen molar-refractivity contribution in [2.24, 2.45) is 0 Å². The van der Waals surface area contributed by atoms with Gasteiger partial charge in [0.1, 0.15) is 30.0 Å². The number of nitrogens with zero attached hydrogens (tertiary/aromatic N) is 1. The number of anilines is 1. The maximum Gasteiger partial charge on any atom is 0.326 e. The van der Waals surface area contributed by atoms with Crippen LogP contribution in [0.1, 0.15) is 34.5 Å². The van der Waals surface area contributed by atoms with Crippen LogP contribution >= 0.6 is 31.9 Å². The maximum absolute atomic E-state index is 13.3. The van der Waals surface area contributed by atoms with Crippen molar-refractivity contribution in [2.45, 2.75) is 13.0 Å². The summed E-state index contributed by atoms with van der Waals surface area (Å²) in [5, 5.41) is 21.2. The van der Waals surface area contributed by atoms with E-state index in [-0.39, 0.29) is 30.4 Å². The first kappa shape index (κ1) is 29.3. The van der Waals surface area contributed by atoms with Gasteiger partial charge in [0.25, 0.3) is 5.91 Å². The molecule has 4 aromatic rings. The van der Waals surface area contributed by atoms with Gasteiger partial charge in [0, 0.05) is 16.8 Å². The normalized spacial score (nSPS) is 11.5. The van der Waals surface area contributed by atoms with E-state index in [9.17, 15) is 24.2 Å². The van der Waals surface area contributed by atoms with Crippen LogP contribution in [0.5, 0.6) is 17.2 Å². The van der Waals surface area contributed by atoms with Crippen LogP contribution in [0.25, 0.3) is 0 Å². The summed E-state index contributed by atoms with van der Waals surface area (Å²) >= 11 is 6.98. The Morgan fingerprint density at radius 2 is 1.60 bits per heavy atom. The zero-order valence-corrected chi connectivity index (χ0v) is 24.4. The molecule has 0 aliphatic rings. The number of hydrogen-bond donors (Lipinski definition) is 2. The zero-order valence-electron chi connectivity index (χ0n) is 21.2. The molecule has 0 saturated carbocycles. The number of aliphatic hydroxyl groups excluding tert-OH is 1. The molecule has 4 rings (SSSR count). The second-order valence-electron chi connectivity index (χ2n) is 8.58. The van der Waals surface area contributed by atoms with Gasteiger partial charge in [-0.05, 0) is 98.9 Å². The average molecular weight is 673 g/mol. The van der Waals surface area contributed by atoms with Crippen LogP contribution in [0.15, 0.2) is 93.9 Å². The number of rotatable bonds is 9. The summed E-state index contributed by atoms with van der Waals surface area (Å²) in [7, 11) is 0. The Labute approximate surface area is 247 Å². The molecule has 0 bridgehead atoms. The Morgan fingerprint density at radius 1 is 0.950 bits per heavy atom. The quantitative estimate of drug-likeness (QED) is 0.184. The molecule has 7 nitrogen and oxygen atoms in total. The fourth-order valence-corrected chi connectivity index (χ4v) is 5.23. The highest BCUT2D eigenvalue weighted by molar-refractivity contribution is 9.11. The van der Waals surface area contributed by atoms with Crippen LogP contribution in [0.4, 0.5) is 10.1 Å². The second kappa shape index (κ2) is 13.1. The summed E-state index contributed by atoms with van der Waals surface area (Å²) < 4.78 is 25.4. The number of ether oxygens (including phenoxy) is 2. The van der Waals surface area contributed by atoms with E-state index in [1.54, 1.807) is 49.4 Å². The first-order valence-corrected chi connectivity index (χ1v) is 13.7. The molecule has 0 aliphatic heterocycles. The highest BCUT2D eigenvalue weighted by Crippen LogP contribution is 2.42. The summed E-state index contributed by atoms with van der Waals surface area (Å²) in [4.78, 5) is 27.0. The molecule has 206 valence electrons. The minimum atomic E-state index is -1.22. The zero-order chi connectivity index (χ0) is 28.8. The fraction of sp³-hybridized carbons (Fsp3) is 0.133. The smallest absolute Gasteiger partial charge is 0.326 e. The second-order valence-corrected chi connectivity index (χ2v) is 10.3. The Bertz CT molecular complexity index is 1490. The van der Waals surface area contributed by atoms with Gasteiger partial charge in [0.15, 0.2) is 5.75 Å². The topological polar surface area (TPSA) is 96.3 Å². The third-order valence-electron chi connectivity index (χ3n) is 5.85. The van der Waals surface area contributed by atoms with Crippen LogP contribution in [-0.2, 0) is 9.53 Å². The van der Waals surface area contributed by atoms with Gasteiger partial charge >= 0.3 is 5.97 Å². The predicted octanol–water partition coefficient (Wildman–Crippen LogP) is 7.14. The summed E-state index contributed by atoms with van der Waals surface area (Å²) in [5.41, 5.74) is 1.37. The van der Waals surface area contributed by atoms with Gasteiger partial charge in [0.05, 0.1) is 15.6 Å². The molecule has 1 amide bonds. The van der Waals surface area contributed by atoms with Crippen molar-refractivity contribution in [1.29, 1.82) is 0 Å². The molecule has 4 aromatic carbocycles. The molecule has 0 fully saturated rings. The predicted molar refractivity (Wildman–Crippen MR) is 155 cm³/mol. The van der Waals surface area contributed by atoms with Gasteiger partial charge in [0.2, 0.25) is 0 Å². The van der Waals surface area contributed by atoms with Gasteiger partial charge in [-0.3, -0.25) is 14.5 Å². The van der Waals surface area contributed by atoms with E-state index >= 15 is 0 Å². The van der Waals surface area contributed by atoms with E-state index in [1.165, 1.54) is 47.4 Å². The first-order chi connectivity index (χ1) is 19.2. The Morgan fingerprint density at radius 3 is 2.23 bits per heavy atom. The summed E-state index contributed by atoms with van der Waals surface area (Å²) in [6.07, 6.45) is -1.22. The van der Waals surface area contributed by atoms with E-state index in [1.807, 2.05) is 0 Å². The van der Waals surface area contributed by atoms with E-state index in [2.05, 4.69) is 31.9 Å². The van der Waals surface area contributed by atoms with Gasteiger partial charge in [-0.15, -0.1) is 0 Å². The van der Waals surface area contributed by atoms with Gasteiger partial charge < -0.3 is 19.7 Å². The molecular formula is C30H24Br2FNO6. The number of phenolic OH excluding ortho intramolecular Hbond substituents is 1. The summed E-state index contributed by atoms with van der Waals surface area (Å²) in [6, 6.07) is 21.5. The number of aromatic hydroxyl groups is 1. The first-order valence-electron chi connectivity index (χ1n) is 12.1. The van der Waals surface area contributed by atoms with Crippen LogP contribution in [0, 0.1) is 5.82 Å². The number of aliphatic hydroxyl groups is 1. The molecule has 0 heterocycles. The number of carbonyl (C=O) groups excluding carboxylic acids is 2. The lowest BCUT2D eigenvalue weighted by atomic mass is 10.0. The van der Waals surface area contributed by atoms with Gasteiger partial charge in [-0.25, -0.2) is 4.39 Å². The Kier molecular flexibility index (Phi) is 9.57. The van der Waals surface area contributed by atoms with E-state index in [0.717, 1.165) is 0 Å². The van der Waals surface area contributed by atoms with Crippen molar-refractivity contribution in [2.75, 3.05) is 18.1 Å². The molecule has 10 heteroatoms. The third-order valence-corrected chi connectivity index (χ3v) is 7.03. The van der Waals surface area contributed by atoms with E-state index < -0.39 is 17.9 Å². The molecule has 0 aliphatic carbocycles. The summed E-state index contributed by atoms with van der Waals surface area (Å²) in [5.74, 6) is -0.907. The van der Waals surface area contributed by atoms with Crippen LogP contribution < -0.4 is 9.64 Å². The van der Waals surface area contributed by atoms with Crippen molar-refractivity contribution in [3.63, 3.8) is 0 Å². The molecule has 2 N–H and O–H groups in total. The van der Waals surface area contributed by atoms with E-state index in [0.29, 0.717) is 37.3 Å². The highest BCUT2D eigenvalue weighted by Gasteiger charge is 2.24. The molecule has 40 heavy (non-hydrogen) atoms. The molecule has 0 radical (unpaired) electrons. The van der Waals surface area contributed by atoms with Crippen LogP contribution in [0.3, 0.4) is 0 Å². The Hall–Kier alpha value is -3.73. The minimum absolute atomic E-state index is 0.160. The van der Waals surface area contributed by atoms with Crippen molar-refractivity contribution < 1.29 is 33.7 Å². The maximum atomic E-state index is 13.3. The number of halogens is 3. The van der Waals surface area contributed by atoms with E-state index in [4.69, 9.17) is 9.47 Å². The number of amides is 1. The van der Waals surface area contributed by atoms with Crippen LogP contribution in [-0.4, -0.2) is 35.2 Å². The molecular weight excluding hydrogens is 649 g/mol. The fourth-order valence-electron chi connectivity index (χ4n) is 3.91. The molecule has 0 spiro atoms. The molecule has 0 aromatic heterocycles. The van der Waals surface area contributed by atoms with Gasteiger partial charge in [-0.2, -0.15) is 0 Å². The minimum Gasteiger partial charge on any atom is -0.508 e. The standard InChI is InChI=1S/C30H24Br2FNO6/c1-2-39-27(36)17-34(30(38)19-6-4-3-5-7-19)21-14-24(31)29(25(32)15-21)40-22-12-13-26(35)23(16-22)28(37)18-8-10-20(33)11-9-18/h3-16,28,35,37H,2,17H2,1H3. The summed E-state index contributed by atoms with van der Waals surface area (Å²) in [6.45, 7) is 1.56. The highest BCUT2D eigenvalue weighted by atomic mass is 79.9. The molecule has 0 saturated heterocycles. The largest absolute Gasteiger partial charge is 0.508 e.